The lowest BCUT2D eigenvalue weighted by molar-refractivity contribution is -0.274. The van der Waals surface area contributed by atoms with Crippen molar-refractivity contribution in [1.29, 1.82) is 5.26 Å². The molecule has 0 radical (unpaired) electrons. The lowest BCUT2D eigenvalue weighted by atomic mass is 9.69. The van der Waals surface area contributed by atoms with Crippen LogP contribution in [0.2, 0.25) is 0 Å². The summed E-state index contributed by atoms with van der Waals surface area (Å²) in [6, 6.07) is 7.82. The highest BCUT2D eigenvalue weighted by molar-refractivity contribution is 5.30. The summed E-state index contributed by atoms with van der Waals surface area (Å²) < 4.78 is 53.9. The number of nitriles is 1. The van der Waals surface area contributed by atoms with Gasteiger partial charge < -0.3 is 4.74 Å². The molecule has 6 heteroatoms. The molecule has 0 bridgehead atoms. The summed E-state index contributed by atoms with van der Waals surface area (Å²) in [5.41, 5.74) is 2.44. The molecule has 1 aromatic rings. The topological polar surface area (TPSA) is 33.0 Å². The molecule has 1 aromatic carbocycles. The van der Waals surface area contributed by atoms with Crippen molar-refractivity contribution in [1.82, 2.24) is 0 Å². The molecule has 0 atom stereocenters. The molecule has 0 aliphatic heterocycles. The second-order valence-electron chi connectivity index (χ2n) is 9.20. The Bertz CT molecular complexity index is 821. The third kappa shape index (κ3) is 7.12. The molecule has 2 nitrogen and oxygen atoms in total. The first kappa shape index (κ1) is 24.4. The third-order valence-corrected chi connectivity index (χ3v) is 7.21. The van der Waals surface area contributed by atoms with Gasteiger partial charge in [0.1, 0.15) is 11.8 Å². The Hall–Kier alpha value is -2.29. The van der Waals surface area contributed by atoms with Crippen molar-refractivity contribution in [2.24, 2.45) is 17.8 Å². The quantitative estimate of drug-likeness (QED) is 0.238. The molecule has 0 heterocycles. The SMILES string of the molecule is C=C(C1CCC(CC/C=C(\F)C#N)CC1)C1CCC(c2ccc(OC(F)(F)F)cc2)CC1. The third-order valence-electron chi connectivity index (χ3n) is 7.21. The Morgan fingerprint density at radius 1 is 1.00 bits per heavy atom. The van der Waals surface area contributed by atoms with Gasteiger partial charge in [-0.2, -0.15) is 9.65 Å². The van der Waals surface area contributed by atoms with Crippen LogP contribution in [0.3, 0.4) is 0 Å². The largest absolute Gasteiger partial charge is 0.573 e. The predicted molar refractivity (Wildman–Crippen MR) is 116 cm³/mol. The van der Waals surface area contributed by atoms with Crippen molar-refractivity contribution in [3.8, 4) is 11.8 Å². The maximum atomic E-state index is 12.9. The first-order valence-electron chi connectivity index (χ1n) is 11.5. The molecular weight excluding hydrogens is 418 g/mol. The second-order valence-corrected chi connectivity index (χ2v) is 9.20. The Balaban J connectivity index is 1.42. The van der Waals surface area contributed by atoms with Gasteiger partial charge in [-0.05, 0) is 112 Å². The summed E-state index contributed by atoms with van der Waals surface area (Å²) in [4.78, 5) is 0. The van der Waals surface area contributed by atoms with Crippen molar-refractivity contribution in [3.05, 3.63) is 53.9 Å². The fourth-order valence-corrected chi connectivity index (χ4v) is 5.39. The van der Waals surface area contributed by atoms with Crippen LogP contribution in [0.1, 0.15) is 75.7 Å². The van der Waals surface area contributed by atoms with Gasteiger partial charge in [-0.15, -0.1) is 13.2 Å². The van der Waals surface area contributed by atoms with Crippen LogP contribution in [0.5, 0.6) is 5.75 Å². The van der Waals surface area contributed by atoms with Crippen molar-refractivity contribution in [2.45, 2.75) is 76.5 Å². The Kier molecular flexibility index (Phi) is 8.39. The normalized spacial score (nSPS) is 26.9. The standard InChI is InChI=1S/C26H31F4NO/c1-18(20-7-5-19(6-8-20)3-2-4-24(27)17-31)21-9-11-22(12-10-21)23-13-15-25(16-14-23)32-26(28,29)30/h4,13-16,19-22H,1-3,5-12H2/b24-4-. The fourth-order valence-electron chi connectivity index (χ4n) is 5.39. The molecule has 0 saturated heterocycles. The van der Waals surface area contributed by atoms with Crippen LogP contribution in [-0.4, -0.2) is 6.36 Å². The van der Waals surface area contributed by atoms with Crippen LogP contribution in [0.4, 0.5) is 17.6 Å². The highest BCUT2D eigenvalue weighted by Crippen LogP contribution is 2.44. The average molecular weight is 450 g/mol. The minimum absolute atomic E-state index is 0.176. The Morgan fingerprint density at radius 2 is 1.56 bits per heavy atom. The maximum Gasteiger partial charge on any atom is 0.573 e. The molecule has 0 aromatic heterocycles. The van der Waals surface area contributed by atoms with Gasteiger partial charge in [-0.1, -0.05) is 24.3 Å². The monoisotopic (exact) mass is 449 g/mol. The van der Waals surface area contributed by atoms with Crippen LogP contribution >= 0.6 is 0 Å². The lowest BCUT2D eigenvalue weighted by Crippen LogP contribution is -2.22. The zero-order chi connectivity index (χ0) is 23.1. The molecule has 2 saturated carbocycles. The van der Waals surface area contributed by atoms with E-state index in [0.29, 0.717) is 30.1 Å². The molecule has 3 rings (SSSR count). The summed E-state index contributed by atoms with van der Waals surface area (Å²) >= 11 is 0. The van der Waals surface area contributed by atoms with Gasteiger partial charge >= 0.3 is 6.36 Å². The van der Waals surface area contributed by atoms with Crippen molar-refractivity contribution >= 4 is 0 Å². The number of halogens is 4. The van der Waals surface area contributed by atoms with E-state index in [1.54, 1.807) is 12.1 Å². The second kappa shape index (κ2) is 11.0. The summed E-state index contributed by atoms with van der Waals surface area (Å²) in [7, 11) is 0. The van der Waals surface area contributed by atoms with E-state index in [-0.39, 0.29) is 5.75 Å². The number of allylic oxidation sites excluding steroid dienone is 3. The number of hydrogen-bond donors (Lipinski definition) is 0. The van der Waals surface area contributed by atoms with Crippen molar-refractivity contribution in [2.75, 3.05) is 0 Å². The van der Waals surface area contributed by atoms with Crippen molar-refractivity contribution in [3.63, 3.8) is 0 Å². The first-order chi connectivity index (χ1) is 15.2. The highest BCUT2D eigenvalue weighted by Gasteiger charge is 2.32. The fraction of sp³-hybridized carbons (Fsp3) is 0.577. The molecule has 0 N–H and O–H groups in total. The molecule has 0 amide bonds. The van der Waals surface area contributed by atoms with Gasteiger partial charge in [0.05, 0.1) is 0 Å². The van der Waals surface area contributed by atoms with E-state index in [1.807, 2.05) is 0 Å². The van der Waals surface area contributed by atoms with E-state index in [4.69, 9.17) is 5.26 Å². The predicted octanol–water partition coefficient (Wildman–Crippen LogP) is 8.38. The van der Waals surface area contributed by atoms with Crippen molar-refractivity contribution < 1.29 is 22.3 Å². The smallest absolute Gasteiger partial charge is 0.406 e. The van der Waals surface area contributed by atoms with E-state index >= 15 is 0 Å². The molecule has 174 valence electrons. The van der Waals surface area contributed by atoms with E-state index in [2.05, 4.69) is 11.3 Å². The molecule has 0 spiro atoms. The number of benzene rings is 1. The van der Waals surface area contributed by atoms with Gasteiger partial charge in [0.15, 0.2) is 5.83 Å². The van der Waals surface area contributed by atoms with Crippen LogP contribution in [-0.2, 0) is 0 Å². The first-order valence-corrected chi connectivity index (χ1v) is 11.5. The number of alkyl halides is 3. The minimum Gasteiger partial charge on any atom is -0.406 e. The maximum absolute atomic E-state index is 12.9. The summed E-state index contributed by atoms with van der Waals surface area (Å²) in [6.45, 7) is 4.45. The van der Waals surface area contributed by atoms with E-state index < -0.39 is 12.2 Å². The van der Waals surface area contributed by atoms with Crippen LogP contribution in [0.15, 0.2) is 48.3 Å². The molecule has 0 unspecified atom stereocenters. The van der Waals surface area contributed by atoms with Gasteiger partial charge in [-0.3, -0.25) is 0 Å². The number of hydrogen-bond acceptors (Lipinski definition) is 2. The molecular formula is C26H31F4NO. The Labute approximate surface area is 188 Å². The van der Waals surface area contributed by atoms with Crippen LogP contribution in [0, 0.1) is 29.1 Å². The average Bonchev–Trinajstić information content (AvgIpc) is 2.78. The lowest BCUT2D eigenvalue weighted by Gasteiger charge is -2.36. The number of rotatable bonds is 7. The van der Waals surface area contributed by atoms with Gasteiger partial charge in [0.25, 0.3) is 0 Å². The number of ether oxygens (including phenoxy) is 1. The van der Waals surface area contributed by atoms with Crippen LogP contribution in [0.25, 0.3) is 0 Å². The zero-order valence-electron chi connectivity index (χ0n) is 18.3. The summed E-state index contributed by atoms with van der Waals surface area (Å²) in [5.74, 6) is 1.18. The Morgan fingerprint density at radius 3 is 2.09 bits per heavy atom. The van der Waals surface area contributed by atoms with E-state index in [1.165, 1.54) is 29.9 Å². The molecule has 2 aliphatic rings. The summed E-state index contributed by atoms with van der Waals surface area (Å²) in [6.07, 6.45) is 7.01. The number of nitrogens with zero attached hydrogens (tertiary/aromatic N) is 1. The zero-order valence-corrected chi connectivity index (χ0v) is 18.3. The van der Waals surface area contributed by atoms with Gasteiger partial charge in [0, 0.05) is 0 Å². The van der Waals surface area contributed by atoms with Gasteiger partial charge in [-0.25, -0.2) is 0 Å². The molecule has 2 aliphatic carbocycles. The molecule has 32 heavy (non-hydrogen) atoms. The van der Waals surface area contributed by atoms with Gasteiger partial charge in [0.2, 0.25) is 0 Å². The van der Waals surface area contributed by atoms with E-state index in [0.717, 1.165) is 63.4 Å². The van der Waals surface area contributed by atoms with E-state index in [9.17, 15) is 17.6 Å². The van der Waals surface area contributed by atoms with Crippen LogP contribution < -0.4 is 4.74 Å². The molecule has 2 fully saturated rings. The minimum atomic E-state index is -4.66. The highest BCUT2D eigenvalue weighted by atomic mass is 19.4. The summed E-state index contributed by atoms with van der Waals surface area (Å²) in [5, 5.41) is 8.48.